The largest absolute Gasteiger partial charge is 0.495 e. The standard InChI is InChI=1S/C28H28N4O6/c1-4-23(30(16-17-37-2)27(33)19-10-9-11-20(18-19)32(35)36)26-29-22-13-6-5-12-21(22)28(34)31(26)24-14-7-8-15-25(24)38-3/h5-15,18,23H,4,16-17H2,1-3H3. The molecule has 0 radical (unpaired) electrons. The van der Waals surface area contributed by atoms with Gasteiger partial charge < -0.3 is 14.4 Å². The number of ether oxygens (including phenoxy) is 2. The molecule has 4 rings (SSSR count). The molecule has 0 N–H and O–H groups in total. The molecule has 0 saturated carbocycles. The molecule has 0 aliphatic rings. The lowest BCUT2D eigenvalue weighted by Gasteiger charge is -2.32. The molecule has 0 saturated heterocycles. The Hall–Kier alpha value is -4.57. The molecule has 38 heavy (non-hydrogen) atoms. The number of carbonyl (C=O) groups is 1. The number of methoxy groups -OCH3 is 2. The number of nitro benzene ring substituents is 1. The summed E-state index contributed by atoms with van der Waals surface area (Å²) in [6, 6.07) is 19.0. The predicted molar refractivity (Wildman–Crippen MR) is 143 cm³/mol. The van der Waals surface area contributed by atoms with E-state index in [1.807, 2.05) is 6.92 Å². The highest BCUT2D eigenvalue weighted by Gasteiger charge is 2.31. The van der Waals surface area contributed by atoms with Crippen molar-refractivity contribution in [1.82, 2.24) is 14.5 Å². The number of nitro groups is 1. The van der Waals surface area contributed by atoms with Crippen LogP contribution < -0.4 is 10.3 Å². The van der Waals surface area contributed by atoms with E-state index < -0.39 is 16.9 Å². The Kier molecular flexibility index (Phi) is 8.12. The Morgan fingerprint density at radius 3 is 2.53 bits per heavy atom. The summed E-state index contributed by atoms with van der Waals surface area (Å²) < 4.78 is 12.3. The van der Waals surface area contributed by atoms with Crippen molar-refractivity contribution in [2.24, 2.45) is 0 Å². The molecule has 4 aromatic rings. The number of benzene rings is 3. The normalized spacial score (nSPS) is 11.8. The molecule has 1 atom stereocenters. The third-order valence-electron chi connectivity index (χ3n) is 6.29. The van der Waals surface area contributed by atoms with E-state index in [1.54, 1.807) is 53.4 Å². The lowest BCUT2D eigenvalue weighted by atomic mass is 10.1. The molecule has 1 amide bonds. The van der Waals surface area contributed by atoms with E-state index in [0.29, 0.717) is 34.6 Å². The zero-order valence-corrected chi connectivity index (χ0v) is 21.4. The Morgan fingerprint density at radius 2 is 1.82 bits per heavy atom. The van der Waals surface area contributed by atoms with Gasteiger partial charge in [-0.2, -0.15) is 0 Å². The number of carbonyl (C=O) groups excluding carboxylic acids is 1. The SMILES string of the molecule is CCC(c1nc2ccccc2c(=O)n1-c1ccccc1OC)N(CCOC)C(=O)c1cccc([N+](=O)[O-])c1. The zero-order valence-electron chi connectivity index (χ0n) is 21.4. The van der Waals surface area contributed by atoms with E-state index in [-0.39, 0.29) is 30.0 Å². The fraction of sp³-hybridized carbons (Fsp3) is 0.250. The number of fused-ring (bicyclic) bond motifs is 1. The molecule has 1 heterocycles. The first-order valence-corrected chi connectivity index (χ1v) is 12.1. The summed E-state index contributed by atoms with van der Waals surface area (Å²) in [5.41, 5.74) is 0.641. The third kappa shape index (κ3) is 5.12. The van der Waals surface area contributed by atoms with E-state index in [9.17, 15) is 19.7 Å². The van der Waals surface area contributed by atoms with Gasteiger partial charge in [0.2, 0.25) is 0 Å². The minimum absolute atomic E-state index is 0.153. The van der Waals surface area contributed by atoms with Gasteiger partial charge >= 0.3 is 0 Å². The molecule has 3 aromatic carbocycles. The predicted octanol–water partition coefficient (Wildman–Crippen LogP) is 4.54. The minimum Gasteiger partial charge on any atom is -0.495 e. The number of aromatic nitrogens is 2. The summed E-state index contributed by atoms with van der Waals surface area (Å²) in [6.07, 6.45) is 0.407. The molecule has 0 aliphatic heterocycles. The molecule has 1 aromatic heterocycles. The summed E-state index contributed by atoms with van der Waals surface area (Å²) in [4.78, 5) is 45.0. The van der Waals surface area contributed by atoms with Crippen molar-refractivity contribution >= 4 is 22.5 Å². The van der Waals surface area contributed by atoms with Crippen LogP contribution in [0.4, 0.5) is 5.69 Å². The van der Waals surface area contributed by atoms with Crippen LogP contribution in [0.2, 0.25) is 0 Å². The lowest BCUT2D eigenvalue weighted by molar-refractivity contribution is -0.384. The molecular formula is C28H28N4O6. The van der Waals surface area contributed by atoms with Gasteiger partial charge in [-0.3, -0.25) is 24.3 Å². The maximum Gasteiger partial charge on any atom is 0.270 e. The highest BCUT2D eigenvalue weighted by atomic mass is 16.6. The number of hydrogen-bond donors (Lipinski definition) is 0. The Bertz CT molecular complexity index is 1530. The average Bonchev–Trinajstić information content (AvgIpc) is 2.95. The first-order chi connectivity index (χ1) is 18.4. The van der Waals surface area contributed by atoms with Gasteiger partial charge in [0, 0.05) is 31.4 Å². The maximum absolute atomic E-state index is 13.9. The van der Waals surface area contributed by atoms with Crippen LogP contribution in [-0.4, -0.2) is 52.7 Å². The Balaban J connectivity index is 1.96. The molecule has 0 bridgehead atoms. The fourth-order valence-electron chi connectivity index (χ4n) is 4.47. The summed E-state index contributed by atoms with van der Waals surface area (Å²) in [5, 5.41) is 11.8. The number of amides is 1. The first-order valence-electron chi connectivity index (χ1n) is 12.1. The molecule has 10 nitrogen and oxygen atoms in total. The quantitative estimate of drug-likeness (QED) is 0.224. The van der Waals surface area contributed by atoms with Crippen molar-refractivity contribution in [3.05, 3.63) is 105 Å². The van der Waals surface area contributed by atoms with Gasteiger partial charge in [0.1, 0.15) is 11.6 Å². The highest BCUT2D eigenvalue weighted by Crippen LogP contribution is 2.30. The lowest BCUT2D eigenvalue weighted by Crippen LogP contribution is -2.40. The molecule has 196 valence electrons. The number of non-ortho nitro benzene ring substituents is 1. The van der Waals surface area contributed by atoms with Crippen LogP contribution >= 0.6 is 0 Å². The van der Waals surface area contributed by atoms with Crippen molar-refractivity contribution in [2.75, 3.05) is 27.4 Å². The van der Waals surface area contributed by atoms with Crippen molar-refractivity contribution < 1.29 is 19.2 Å². The van der Waals surface area contributed by atoms with Gasteiger partial charge in [0.25, 0.3) is 17.2 Å². The summed E-state index contributed by atoms with van der Waals surface area (Å²) in [5.74, 6) is 0.374. The van der Waals surface area contributed by atoms with Crippen molar-refractivity contribution in [3.8, 4) is 11.4 Å². The fourth-order valence-corrected chi connectivity index (χ4v) is 4.47. The Morgan fingerprint density at radius 1 is 1.08 bits per heavy atom. The third-order valence-corrected chi connectivity index (χ3v) is 6.29. The van der Waals surface area contributed by atoms with Crippen LogP contribution in [0.5, 0.6) is 5.75 Å². The number of nitrogens with zero attached hydrogens (tertiary/aromatic N) is 4. The molecule has 0 fully saturated rings. The molecular weight excluding hydrogens is 488 g/mol. The summed E-state index contributed by atoms with van der Waals surface area (Å²) in [6.45, 7) is 2.27. The van der Waals surface area contributed by atoms with Gasteiger partial charge in [0.15, 0.2) is 0 Å². The van der Waals surface area contributed by atoms with E-state index >= 15 is 0 Å². The van der Waals surface area contributed by atoms with Crippen LogP contribution in [0.1, 0.15) is 35.6 Å². The van der Waals surface area contributed by atoms with Crippen LogP contribution in [0.25, 0.3) is 16.6 Å². The highest BCUT2D eigenvalue weighted by molar-refractivity contribution is 5.95. The topological polar surface area (TPSA) is 117 Å². The van der Waals surface area contributed by atoms with Crippen LogP contribution in [-0.2, 0) is 4.74 Å². The summed E-state index contributed by atoms with van der Waals surface area (Å²) in [7, 11) is 3.04. The van der Waals surface area contributed by atoms with E-state index in [1.165, 1.54) is 43.1 Å². The number of hydrogen-bond acceptors (Lipinski definition) is 7. The van der Waals surface area contributed by atoms with Gasteiger partial charge in [-0.05, 0) is 36.8 Å². The maximum atomic E-state index is 13.9. The first kappa shape index (κ1) is 26.5. The van der Waals surface area contributed by atoms with Crippen molar-refractivity contribution in [3.63, 3.8) is 0 Å². The van der Waals surface area contributed by atoms with Gasteiger partial charge in [0.05, 0.1) is 41.3 Å². The average molecular weight is 517 g/mol. The smallest absolute Gasteiger partial charge is 0.270 e. The molecule has 0 aliphatic carbocycles. The number of para-hydroxylation sites is 3. The zero-order chi connectivity index (χ0) is 27.2. The second-order valence-corrected chi connectivity index (χ2v) is 8.52. The van der Waals surface area contributed by atoms with Crippen LogP contribution in [0, 0.1) is 10.1 Å². The minimum atomic E-state index is -0.667. The van der Waals surface area contributed by atoms with Crippen molar-refractivity contribution in [1.29, 1.82) is 0 Å². The van der Waals surface area contributed by atoms with Crippen LogP contribution in [0.15, 0.2) is 77.6 Å². The molecule has 0 spiro atoms. The Labute approximate surface area is 219 Å². The second-order valence-electron chi connectivity index (χ2n) is 8.52. The second kappa shape index (κ2) is 11.7. The van der Waals surface area contributed by atoms with E-state index in [0.717, 1.165) is 0 Å². The molecule has 1 unspecified atom stereocenters. The van der Waals surface area contributed by atoms with E-state index in [4.69, 9.17) is 14.5 Å². The van der Waals surface area contributed by atoms with E-state index in [2.05, 4.69) is 0 Å². The monoisotopic (exact) mass is 516 g/mol. The molecule has 10 heteroatoms. The van der Waals surface area contributed by atoms with Crippen molar-refractivity contribution in [2.45, 2.75) is 19.4 Å². The van der Waals surface area contributed by atoms with Gasteiger partial charge in [-0.15, -0.1) is 0 Å². The van der Waals surface area contributed by atoms with Crippen LogP contribution in [0.3, 0.4) is 0 Å². The number of rotatable bonds is 10. The van der Waals surface area contributed by atoms with Gasteiger partial charge in [-0.25, -0.2) is 4.98 Å². The summed E-state index contributed by atoms with van der Waals surface area (Å²) >= 11 is 0. The van der Waals surface area contributed by atoms with Gasteiger partial charge in [-0.1, -0.05) is 37.3 Å².